The van der Waals surface area contributed by atoms with Crippen LogP contribution in [0.1, 0.15) is 0 Å². The van der Waals surface area contributed by atoms with Crippen molar-refractivity contribution in [1.29, 1.82) is 0 Å². The molecule has 1 fully saturated rings. The van der Waals surface area contributed by atoms with E-state index in [0.717, 1.165) is 35.7 Å². The topological polar surface area (TPSA) is 96.5 Å². The average molecular weight is 492 g/mol. The number of halogens is 1. The van der Waals surface area contributed by atoms with E-state index in [2.05, 4.69) is 19.9 Å². The first kappa shape index (κ1) is 22.7. The molecule has 1 saturated heterocycles. The van der Waals surface area contributed by atoms with Crippen LogP contribution < -0.4 is 14.9 Å². The van der Waals surface area contributed by atoms with Crippen molar-refractivity contribution in [2.75, 3.05) is 47.5 Å². The van der Waals surface area contributed by atoms with Crippen LogP contribution in [0.2, 0.25) is 5.02 Å². The Balaban J connectivity index is 1.58. The summed E-state index contributed by atoms with van der Waals surface area (Å²) in [5, 5.41) is 4.56. The van der Waals surface area contributed by atoms with Gasteiger partial charge >= 0.3 is 0 Å². The number of benzene rings is 2. The lowest BCUT2D eigenvalue weighted by Gasteiger charge is -2.28. The van der Waals surface area contributed by atoms with Gasteiger partial charge in [-0.15, -0.1) is 0 Å². The minimum atomic E-state index is -3.32. The van der Waals surface area contributed by atoms with Crippen LogP contribution in [0, 0.1) is 0 Å². The standard InChI is InChI=1S/C21H22ClN5O3S2/c1-32(28,29)26-17-6-8-18(9-7-17)31-21-24-19(23-16-4-2-15(22)3-5-16)14-20(25-21)27-10-12-30-13-11-27/h2-9,14,26H,10-13H2,1H3,(H,23,24,25). The number of nitrogens with zero attached hydrogens (tertiary/aromatic N) is 3. The maximum absolute atomic E-state index is 11.4. The van der Waals surface area contributed by atoms with Crippen LogP contribution in [0.4, 0.5) is 23.0 Å². The van der Waals surface area contributed by atoms with Crippen molar-refractivity contribution >= 4 is 56.4 Å². The van der Waals surface area contributed by atoms with Crippen molar-refractivity contribution in [3.8, 4) is 0 Å². The molecule has 0 amide bonds. The lowest BCUT2D eigenvalue weighted by Crippen LogP contribution is -2.36. The number of nitrogens with one attached hydrogen (secondary N) is 2. The molecule has 3 aromatic rings. The fourth-order valence-electron chi connectivity index (χ4n) is 3.07. The van der Waals surface area contributed by atoms with E-state index in [9.17, 15) is 8.42 Å². The molecular weight excluding hydrogens is 470 g/mol. The second-order valence-corrected chi connectivity index (χ2v) is 10.4. The molecule has 4 rings (SSSR count). The molecule has 1 aliphatic rings. The summed E-state index contributed by atoms with van der Waals surface area (Å²) in [5.74, 6) is 1.49. The van der Waals surface area contributed by atoms with E-state index >= 15 is 0 Å². The number of anilines is 4. The van der Waals surface area contributed by atoms with Crippen LogP contribution >= 0.6 is 23.4 Å². The van der Waals surface area contributed by atoms with E-state index in [1.807, 2.05) is 42.5 Å². The summed E-state index contributed by atoms with van der Waals surface area (Å²) >= 11 is 7.39. The zero-order chi connectivity index (χ0) is 22.6. The summed E-state index contributed by atoms with van der Waals surface area (Å²) < 4.78 is 30.7. The summed E-state index contributed by atoms with van der Waals surface area (Å²) in [6.07, 6.45) is 1.12. The van der Waals surface area contributed by atoms with Gasteiger partial charge in [-0.2, -0.15) is 0 Å². The second-order valence-electron chi connectivity index (χ2n) is 7.13. The predicted molar refractivity (Wildman–Crippen MR) is 129 cm³/mol. The Labute approximate surface area is 196 Å². The third kappa shape index (κ3) is 6.49. The molecule has 2 N–H and O–H groups in total. The highest BCUT2D eigenvalue weighted by molar-refractivity contribution is 7.99. The van der Waals surface area contributed by atoms with E-state index in [0.29, 0.717) is 34.9 Å². The van der Waals surface area contributed by atoms with E-state index in [1.54, 1.807) is 12.1 Å². The maximum Gasteiger partial charge on any atom is 0.229 e. The number of hydrogen-bond acceptors (Lipinski definition) is 8. The number of aromatic nitrogens is 2. The van der Waals surface area contributed by atoms with Crippen molar-refractivity contribution in [2.45, 2.75) is 10.1 Å². The molecule has 1 aromatic heterocycles. The fraction of sp³-hybridized carbons (Fsp3) is 0.238. The van der Waals surface area contributed by atoms with Gasteiger partial charge in [-0.1, -0.05) is 11.6 Å². The monoisotopic (exact) mass is 491 g/mol. The third-order valence-electron chi connectivity index (χ3n) is 4.51. The predicted octanol–water partition coefficient (Wildman–Crippen LogP) is 4.23. The van der Waals surface area contributed by atoms with Gasteiger partial charge in [0.15, 0.2) is 5.16 Å². The molecule has 2 heterocycles. The van der Waals surface area contributed by atoms with E-state index < -0.39 is 10.0 Å². The summed E-state index contributed by atoms with van der Waals surface area (Å²) in [6, 6.07) is 16.4. The summed E-state index contributed by atoms with van der Waals surface area (Å²) in [5.41, 5.74) is 1.37. The van der Waals surface area contributed by atoms with Crippen LogP contribution in [0.25, 0.3) is 0 Å². The molecular formula is C21H22ClN5O3S2. The van der Waals surface area contributed by atoms with Crippen molar-refractivity contribution in [3.63, 3.8) is 0 Å². The van der Waals surface area contributed by atoms with Crippen molar-refractivity contribution in [1.82, 2.24) is 9.97 Å². The molecule has 0 atom stereocenters. The number of ether oxygens (including phenoxy) is 1. The zero-order valence-electron chi connectivity index (χ0n) is 17.3. The largest absolute Gasteiger partial charge is 0.378 e. The molecule has 0 unspecified atom stereocenters. The van der Waals surface area contributed by atoms with Crippen LogP contribution in [0.15, 0.2) is 64.6 Å². The molecule has 2 aromatic carbocycles. The quantitative estimate of drug-likeness (QED) is 0.474. The van der Waals surface area contributed by atoms with Gasteiger partial charge in [-0.3, -0.25) is 4.72 Å². The normalized spacial score (nSPS) is 14.2. The molecule has 11 heteroatoms. The van der Waals surface area contributed by atoms with Crippen LogP contribution in [-0.4, -0.2) is 50.9 Å². The molecule has 0 aliphatic carbocycles. The Kier molecular flexibility index (Phi) is 7.04. The third-order valence-corrected chi connectivity index (χ3v) is 6.24. The zero-order valence-corrected chi connectivity index (χ0v) is 19.7. The van der Waals surface area contributed by atoms with Crippen LogP contribution in [-0.2, 0) is 14.8 Å². The molecule has 32 heavy (non-hydrogen) atoms. The van der Waals surface area contributed by atoms with Gasteiger partial charge in [0.25, 0.3) is 0 Å². The number of sulfonamides is 1. The highest BCUT2D eigenvalue weighted by Gasteiger charge is 2.16. The molecule has 8 nitrogen and oxygen atoms in total. The Hall–Kier alpha value is -2.53. The van der Waals surface area contributed by atoms with Gasteiger partial charge in [0, 0.05) is 40.4 Å². The van der Waals surface area contributed by atoms with Crippen LogP contribution in [0.3, 0.4) is 0 Å². The summed E-state index contributed by atoms with van der Waals surface area (Å²) in [6.45, 7) is 2.82. The lowest BCUT2D eigenvalue weighted by atomic mass is 10.3. The number of morpholine rings is 1. The van der Waals surface area contributed by atoms with Gasteiger partial charge < -0.3 is 15.0 Å². The Morgan fingerprint density at radius 2 is 1.66 bits per heavy atom. The average Bonchev–Trinajstić information content (AvgIpc) is 2.76. The highest BCUT2D eigenvalue weighted by Crippen LogP contribution is 2.30. The maximum atomic E-state index is 11.4. The Morgan fingerprint density at radius 3 is 2.31 bits per heavy atom. The van der Waals surface area contributed by atoms with E-state index in [1.165, 1.54) is 11.8 Å². The van der Waals surface area contributed by atoms with Crippen LogP contribution in [0.5, 0.6) is 0 Å². The van der Waals surface area contributed by atoms with Gasteiger partial charge in [-0.05, 0) is 60.3 Å². The summed E-state index contributed by atoms with van der Waals surface area (Å²) in [7, 11) is -3.32. The van der Waals surface area contributed by atoms with Crippen molar-refractivity contribution in [2.24, 2.45) is 0 Å². The first-order chi connectivity index (χ1) is 15.3. The van der Waals surface area contributed by atoms with Gasteiger partial charge in [0.05, 0.1) is 19.5 Å². The minimum Gasteiger partial charge on any atom is -0.378 e. The molecule has 0 spiro atoms. The minimum absolute atomic E-state index is 0.505. The molecule has 0 saturated carbocycles. The smallest absolute Gasteiger partial charge is 0.229 e. The fourth-order valence-corrected chi connectivity index (χ4v) is 4.52. The van der Waals surface area contributed by atoms with E-state index in [-0.39, 0.29) is 0 Å². The highest BCUT2D eigenvalue weighted by atomic mass is 35.5. The number of hydrogen-bond donors (Lipinski definition) is 2. The van der Waals surface area contributed by atoms with E-state index in [4.69, 9.17) is 21.3 Å². The molecule has 168 valence electrons. The molecule has 1 aliphatic heterocycles. The van der Waals surface area contributed by atoms with Crippen molar-refractivity contribution < 1.29 is 13.2 Å². The van der Waals surface area contributed by atoms with Gasteiger partial charge in [0.2, 0.25) is 10.0 Å². The molecule has 0 radical (unpaired) electrons. The van der Waals surface area contributed by atoms with Gasteiger partial charge in [0.1, 0.15) is 11.6 Å². The summed E-state index contributed by atoms with van der Waals surface area (Å²) in [4.78, 5) is 12.5. The first-order valence-electron chi connectivity index (χ1n) is 9.84. The first-order valence-corrected chi connectivity index (χ1v) is 12.9. The van der Waals surface area contributed by atoms with Crippen molar-refractivity contribution in [3.05, 3.63) is 59.6 Å². The second kappa shape index (κ2) is 9.95. The Morgan fingerprint density at radius 1 is 1.00 bits per heavy atom. The SMILES string of the molecule is CS(=O)(=O)Nc1ccc(Sc2nc(Nc3ccc(Cl)cc3)cc(N3CCOCC3)n2)cc1. The van der Waals surface area contributed by atoms with Gasteiger partial charge in [-0.25, -0.2) is 18.4 Å². The number of rotatable bonds is 7. The Bertz CT molecular complexity index is 1170. The molecule has 0 bridgehead atoms. The lowest BCUT2D eigenvalue weighted by molar-refractivity contribution is 0.122.